The van der Waals surface area contributed by atoms with E-state index in [0.717, 1.165) is 5.34 Å². The fourth-order valence-corrected chi connectivity index (χ4v) is 0. The van der Waals surface area contributed by atoms with Gasteiger partial charge in [-0.1, -0.05) is 0 Å². The average molecular weight is 144 g/mol. The van der Waals surface area contributed by atoms with E-state index < -0.39 is 10.4 Å². The van der Waals surface area contributed by atoms with Gasteiger partial charge in [-0.15, -0.1) is 5.34 Å². The molecule has 0 rings (SSSR count). The number of rotatable bonds is 0. The second-order valence-electron chi connectivity index (χ2n) is 0.522. The number of hydrogen-bond donors (Lipinski definition) is 2. The minimum Gasteiger partial charge on any atom is -0.444 e. The van der Waals surface area contributed by atoms with Gasteiger partial charge in [0.05, 0.1) is 0 Å². The molecule has 50 valence electrons. The maximum atomic E-state index is 8.74. The Morgan fingerprint density at radius 2 is 1.38 bits per heavy atom. The van der Waals surface area contributed by atoms with Crippen LogP contribution in [0.5, 0.6) is 0 Å². The van der Waals surface area contributed by atoms with Gasteiger partial charge in [0, 0.05) is 0 Å². The summed E-state index contributed by atoms with van der Waals surface area (Å²) in [5.41, 5.74) is 0. The van der Waals surface area contributed by atoms with Gasteiger partial charge in [-0.25, -0.2) is 0 Å². The molecular formula is H2NO6S-. The van der Waals surface area contributed by atoms with Crippen molar-refractivity contribution in [1.82, 2.24) is 0 Å². The van der Waals surface area contributed by atoms with Crippen LogP contribution in [-0.4, -0.2) is 17.5 Å². The molecule has 0 atom stereocenters. The van der Waals surface area contributed by atoms with Crippen molar-refractivity contribution in [3.05, 3.63) is 10.1 Å². The summed E-state index contributed by atoms with van der Waals surface area (Å²) in [6.45, 7) is 0. The molecule has 2 N–H and O–H groups in total. The molecule has 0 unspecified atom stereocenters. The molecule has 0 bridgehead atoms. The van der Waals surface area contributed by atoms with Crippen molar-refractivity contribution >= 4 is 10.4 Å². The molecule has 8 heteroatoms. The highest BCUT2D eigenvalue weighted by atomic mass is 32.3. The highest BCUT2D eigenvalue weighted by Gasteiger charge is 1.84. The monoisotopic (exact) mass is 144 g/mol. The Hall–Kier alpha value is -0.730. The fourth-order valence-electron chi connectivity index (χ4n) is 0. The molecule has 0 aromatic carbocycles. The molecular weight excluding hydrogens is 142 g/mol. The normalized spacial score (nSPS) is 8.75. The van der Waals surface area contributed by atoms with Gasteiger partial charge in [0.2, 0.25) is 0 Å². The SMILES string of the molecule is O=N[O-].O=S(=O)(O)O. The first kappa shape index (κ1) is 10.3. The zero-order valence-corrected chi connectivity index (χ0v) is 4.20. The molecule has 7 nitrogen and oxygen atoms in total. The average Bonchev–Trinajstić information content (AvgIpc) is 1.27. The minimum atomic E-state index is -4.67. The summed E-state index contributed by atoms with van der Waals surface area (Å²) in [6.07, 6.45) is 0. The van der Waals surface area contributed by atoms with E-state index in [1.807, 2.05) is 0 Å². The Morgan fingerprint density at radius 3 is 1.38 bits per heavy atom. The number of hydrogen-bond acceptors (Lipinski definition) is 5. The molecule has 0 aliphatic carbocycles. The molecule has 0 saturated heterocycles. The van der Waals surface area contributed by atoms with Crippen LogP contribution in [0.1, 0.15) is 0 Å². The molecule has 0 aliphatic heterocycles. The lowest BCUT2D eigenvalue weighted by Gasteiger charge is -1.68. The third-order valence-electron chi connectivity index (χ3n) is 0. The van der Waals surface area contributed by atoms with Crippen molar-refractivity contribution in [3.8, 4) is 0 Å². The summed E-state index contributed by atoms with van der Waals surface area (Å²) in [6, 6.07) is 0. The van der Waals surface area contributed by atoms with Crippen LogP contribution < -0.4 is 0 Å². The number of nitrogens with zero attached hydrogens (tertiary/aromatic N) is 1. The standard InChI is InChI=1S/HNO2.H2O4S/c2-1-3;1-5(2,3)4/h(H,2,3);(H2,1,2,3,4)/p-1. The van der Waals surface area contributed by atoms with E-state index in [2.05, 4.69) is 0 Å². The quantitative estimate of drug-likeness (QED) is 0.270. The van der Waals surface area contributed by atoms with Crippen LogP contribution in [0.2, 0.25) is 0 Å². The Balaban J connectivity index is 0. The van der Waals surface area contributed by atoms with Gasteiger partial charge in [-0.2, -0.15) is 8.42 Å². The van der Waals surface area contributed by atoms with Crippen LogP contribution in [0.4, 0.5) is 0 Å². The molecule has 0 aromatic rings. The zero-order valence-electron chi connectivity index (χ0n) is 3.38. The van der Waals surface area contributed by atoms with Crippen LogP contribution in [0.25, 0.3) is 0 Å². The lowest BCUT2D eigenvalue weighted by molar-refractivity contribution is 0.381. The molecule has 0 heterocycles. The Morgan fingerprint density at radius 1 is 1.38 bits per heavy atom. The van der Waals surface area contributed by atoms with E-state index in [1.165, 1.54) is 0 Å². The summed E-state index contributed by atoms with van der Waals surface area (Å²) < 4.78 is 31.6. The van der Waals surface area contributed by atoms with Crippen molar-refractivity contribution in [2.75, 3.05) is 0 Å². The zero-order chi connectivity index (χ0) is 7.21. The summed E-state index contributed by atoms with van der Waals surface area (Å²) >= 11 is 0. The molecule has 0 aromatic heterocycles. The molecule has 0 fully saturated rings. The second kappa shape index (κ2) is 4.43. The van der Waals surface area contributed by atoms with Crippen LogP contribution in [0.3, 0.4) is 0 Å². The van der Waals surface area contributed by atoms with E-state index in [0.29, 0.717) is 0 Å². The van der Waals surface area contributed by atoms with Gasteiger partial charge in [-0.05, 0) is 0 Å². The third-order valence-corrected chi connectivity index (χ3v) is 0. The summed E-state index contributed by atoms with van der Waals surface area (Å²) in [5, 5.41) is 9.00. The summed E-state index contributed by atoms with van der Waals surface area (Å²) in [4.78, 5) is 8.00. The first-order valence-electron chi connectivity index (χ1n) is 1.06. The van der Waals surface area contributed by atoms with E-state index in [4.69, 9.17) is 27.6 Å². The lowest BCUT2D eigenvalue weighted by Crippen LogP contribution is -1.89. The van der Waals surface area contributed by atoms with Crippen molar-refractivity contribution < 1.29 is 17.5 Å². The van der Waals surface area contributed by atoms with Gasteiger partial charge in [0.25, 0.3) is 0 Å². The molecule has 8 heavy (non-hydrogen) atoms. The molecule has 0 aliphatic rings. The van der Waals surface area contributed by atoms with Gasteiger partial charge in [-0.3, -0.25) is 9.11 Å². The van der Waals surface area contributed by atoms with Crippen molar-refractivity contribution in [2.45, 2.75) is 0 Å². The summed E-state index contributed by atoms with van der Waals surface area (Å²) in [5.74, 6) is 0. The summed E-state index contributed by atoms with van der Waals surface area (Å²) in [7, 11) is -4.67. The smallest absolute Gasteiger partial charge is 0.394 e. The molecule has 0 amide bonds. The molecule has 0 spiro atoms. The van der Waals surface area contributed by atoms with Crippen molar-refractivity contribution in [1.29, 1.82) is 0 Å². The predicted molar refractivity (Wildman–Crippen MR) is 23.3 cm³/mol. The fraction of sp³-hybridized carbons (Fsp3) is 0. The van der Waals surface area contributed by atoms with Crippen molar-refractivity contribution in [3.63, 3.8) is 0 Å². The van der Waals surface area contributed by atoms with Gasteiger partial charge < -0.3 is 10.1 Å². The largest absolute Gasteiger partial charge is 0.444 e. The minimum absolute atomic E-state index is 1.00. The Kier molecular flexibility index (Phi) is 5.70. The Bertz CT molecular complexity index is 123. The third kappa shape index (κ3) is 180. The van der Waals surface area contributed by atoms with E-state index in [1.54, 1.807) is 0 Å². The topological polar surface area (TPSA) is 127 Å². The van der Waals surface area contributed by atoms with Crippen LogP contribution in [-0.2, 0) is 10.4 Å². The van der Waals surface area contributed by atoms with E-state index >= 15 is 0 Å². The second-order valence-corrected chi connectivity index (χ2v) is 1.42. The van der Waals surface area contributed by atoms with Gasteiger partial charge in [0.15, 0.2) is 0 Å². The molecule has 0 radical (unpaired) electrons. The first-order valence-corrected chi connectivity index (χ1v) is 2.46. The van der Waals surface area contributed by atoms with E-state index in [-0.39, 0.29) is 0 Å². The van der Waals surface area contributed by atoms with Gasteiger partial charge in [0.1, 0.15) is 0 Å². The Labute approximate surface area is 44.5 Å². The highest BCUT2D eigenvalue weighted by Crippen LogP contribution is 1.59. The predicted octanol–water partition coefficient (Wildman–Crippen LogP) is -0.402. The van der Waals surface area contributed by atoms with E-state index in [9.17, 15) is 0 Å². The first-order chi connectivity index (χ1) is 3.41. The van der Waals surface area contributed by atoms with Crippen LogP contribution >= 0.6 is 0 Å². The van der Waals surface area contributed by atoms with Crippen LogP contribution in [0.15, 0.2) is 5.34 Å². The molecule has 0 saturated carbocycles. The highest BCUT2D eigenvalue weighted by molar-refractivity contribution is 7.79. The lowest BCUT2D eigenvalue weighted by atomic mass is 13.4. The van der Waals surface area contributed by atoms with Crippen LogP contribution in [0, 0.1) is 10.1 Å². The maximum Gasteiger partial charge on any atom is 0.394 e. The maximum absolute atomic E-state index is 8.74. The van der Waals surface area contributed by atoms with Crippen molar-refractivity contribution in [2.24, 2.45) is 5.34 Å². The van der Waals surface area contributed by atoms with Gasteiger partial charge >= 0.3 is 10.4 Å².